The minimum absolute atomic E-state index is 0.875. The van der Waals surface area contributed by atoms with Crippen molar-refractivity contribution in [2.24, 2.45) is 0 Å². The van der Waals surface area contributed by atoms with Gasteiger partial charge in [0.05, 0.1) is 16.7 Å². The van der Waals surface area contributed by atoms with E-state index < -0.39 is 0 Å². The Balaban J connectivity index is 1.02. The van der Waals surface area contributed by atoms with Crippen LogP contribution in [0.25, 0.3) is 82.5 Å². The lowest BCUT2D eigenvalue weighted by Crippen LogP contribution is -2.09. The average Bonchev–Trinajstić information content (AvgIpc) is 3.88. The SMILES string of the molecule is c1ccc(N(c2ccc(-c3ccc4c(c3)c3ccccc3n4-c3cccc4c3oc3ccccc34)cc2)c2ccc3c(c2)oc2ccccc23)cc1. The van der Waals surface area contributed by atoms with E-state index in [2.05, 4.69) is 167 Å². The van der Waals surface area contributed by atoms with Crippen LogP contribution in [-0.2, 0) is 0 Å². The molecule has 0 radical (unpaired) electrons. The first-order chi connectivity index (χ1) is 25.8. The molecular formula is C48H30N2O2. The smallest absolute Gasteiger partial charge is 0.159 e. The molecule has 0 atom stereocenters. The van der Waals surface area contributed by atoms with Crippen molar-refractivity contribution in [2.45, 2.75) is 0 Å². The van der Waals surface area contributed by atoms with Crippen molar-refractivity contribution in [3.05, 3.63) is 182 Å². The number of para-hydroxylation sites is 5. The Bertz CT molecular complexity index is 3130. The number of rotatable bonds is 5. The van der Waals surface area contributed by atoms with Crippen molar-refractivity contribution in [3.8, 4) is 16.8 Å². The van der Waals surface area contributed by atoms with Crippen molar-refractivity contribution in [3.63, 3.8) is 0 Å². The summed E-state index contributed by atoms with van der Waals surface area (Å²) in [7, 11) is 0. The highest BCUT2D eigenvalue weighted by Crippen LogP contribution is 2.41. The maximum atomic E-state index is 6.50. The molecule has 8 aromatic carbocycles. The summed E-state index contributed by atoms with van der Waals surface area (Å²) in [5.41, 5.74) is 12.4. The summed E-state index contributed by atoms with van der Waals surface area (Å²) >= 11 is 0. The Kier molecular flexibility index (Phi) is 6.22. The van der Waals surface area contributed by atoms with E-state index in [1.807, 2.05) is 24.3 Å². The Hall–Kier alpha value is -7.04. The zero-order valence-electron chi connectivity index (χ0n) is 28.0. The Morgan fingerprint density at radius 3 is 1.77 bits per heavy atom. The predicted molar refractivity (Wildman–Crippen MR) is 215 cm³/mol. The van der Waals surface area contributed by atoms with Crippen LogP contribution >= 0.6 is 0 Å². The van der Waals surface area contributed by atoms with E-state index >= 15 is 0 Å². The van der Waals surface area contributed by atoms with Gasteiger partial charge in [0.15, 0.2) is 5.58 Å². The van der Waals surface area contributed by atoms with Crippen LogP contribution in [0.1, 0.15) is 0 Å². The number of benzene rings is 8. The Morgan fingerprint density at radius 2 is 0.942 bits per heavy atom. The summed E-state index contributed by atoms with van der Waals surface area (Å²) in [5, 5.41) is 6.92. The highest BCUT2D eigenvalue weighted by Gasteiger charge is 2.19. The molecule has 0 amide bonds. The van der Waals surface area contributed by atoms with E-state index in [4.69, 9.17) is 8.83 Å². The highest BCUT2D eigenvalue weighted by molar-refractivity contribution is 6.13. The van der Waals surface area contributed by atoms with Gasteiger partial charge < -0.3 is 18.3 Å². The highest BCUT2D eigenvalue weighted by atomic mass is 16.3. The molecule has 11 rings (SSSR count). The van der Waals surface area contributed by atoms with Gasteiger partial charge in [-0.05, 0) is 83.9 Å². The fourth-order valence-electron chi connectivity index (χ4n) is 8.00. The molecule has 0 bridgehead atoms. The molecule has 4 nitrogen and oxygen atoms in total. The van der Waals surface area contributed by atoms with E-state index in [9.17, 15) is 0 Å². The van der Waals surface area contributed by atoms with Crippen LogP contribution in [0.5, 0.6) is 0 Å². The second-order valence-electron chi connectivity index (χ2n) is 13.3. The largest absolute Gasteiger partial charge is 0.456 e. The molecule has 0 aliphatic rings. The van der Waals surface area contributed by atoms with Crippen LogP contribution in [-0.4, -0.2) is 4.57 Å². The quantitative estimate of drug-likeness (QED) is 0.183. The molecule has 0 N–H and O–H groups in total. The van der Waals surface area contributed by atoms with Gasteiger partial charge in [-0.1, -0.05) is 103 Å². The van der Waals surface area contributed by atoms with Crippen molar-refractivity contribution < 1.29 is 8.83 Å². The topological polar surface area (TPSA) is 34.5 Å². The molecule has 0 aliphatic carbocycles. The Morgan fingerprint density at radius 1 is 0.346 bits per heavy atom. The summed E-state index contributed by atoms with van der Waals surface area (Å²) in [5.74, 6) is 0. The minimum Gasteiger partial charge on any atom is -0.456 e. The van der Waals surface area contributed by atoms with Crippen LogP contribution in [0.3, 0.4) is 0 Å². The lowest BCUT2D eigenvalue weighted by molar-refractivity contribution is 0.666. The van der Waals surface area contributed by atoms with E-state index in [-0.39, 0.29) is 0 Å². The third kappa shape index (κ3) is 4.34. The zero-order chi connectivity index (χ0) is 34.2. The third-order valence-corrected chi connectivity index (χ3v) is 10.4. The van der Waals surface area contributed by atoms with E-state index in [1.165, 1.54) is 16.3 Å². The van der Waals surface area contributed by atoms with Crippen LogP contribution in [0, 0.1) is 0 Å². The molecule has 11 aromatic rings. The van der Waals surface area contributed by atoms with E-state index in [0.717, 1.165) is 83.2 Å². The molecule has 0 spiro atoms. The molecule has 0 saturated carbocycles. The van der Waals surface area contributed by atoms with Crippen LogP contribution in [0.4, 0.5) is 17.1 Å². The molecule has 3 heterocycles. The summed E-state index contributed by atoms with van der Waals surface area (Å²) in [6, 6.07) is 64.2. The lowest BCUT2D eigenvalue weighted by Gasteiger charge is -2.25. The van der Waals surface area contributed by atoms with E-state index in [0.29, 0.717) is 0 Å². The first-order valence-electron chi connectivity index (χ1n) is 17.6. The maximum Gasteiger partial charge on any atom is 0.159 e. The number of anilines is 3. The molecule has 0 saturated heterocycles. The molecule has 4 heteroatoms. The van der Waals surface area contributed by atoms with Crippen LogP contribution < -0.4 is 4.90 Å². The average molecular weight is 667 g/mol. The first-order valence-corrected chi connectivity index (χ1v) is 17.6. The monoisotopic (exact) mass is 666 g/mol. The maximum absolute atomic E-state index is 6.50. The molecule has 52 heavy (non-hydrogen) atoms. The Labute approximate surface area is 299 Å². The number of hydrogen-bond donors (Lipinski definition) is 0. The first kappa shape index (κ1) is 28.8. The molecule has 0 aliphatic heterocycles. The molecular weight excluding hydrogens is 637 g/mol. The van der Waals surface area contributed by atoms with Gasteiger partial charge in [-0.2, -0.15) is 0 Å². The fraction of sp³-hybridized carbons (Fsp3) is 0. The van der Waals surface area contributed by atoms with Gasteiger partial charge in [0.1, 0.15) is 16.7 Å². The fourth-order valence-corrected chi connectivity index (χ4v) is 8.00. The standard InChI is InChI=1S/C48H30N2O2/c1-2-11-33(12-3-1)49(35-26-27-39-37-14-5-8-19-45(37)51-47(39)30-35)34-24-21-31(22-25-34)32-23-28-43-41(29-32)36-13-4-7-17-42(36)50(43)44-18-10-16-40-38-15-6-9-20-46(38)52-48(40)44/h1-30H. The molecule has 0 fully saturated rings. The normalized spacial score (nSPS) is 11.8. The minimum atomic E-state index is 0.875. The van der Waals surface area contributed by atoms with Crippen molar-refractivity contribution >= 4 is 82.7 Å². The summed E-state index contributed by atoms with van der Waals surface area (Å²) in [4.78, 5) is 2.28. The van der Waals surface area contributed by atoms with Gasteiger partial charge in [-0.3, -0.25) is 0 Å². The number of furan rings is 2. The lowest BCUT2D eigenvalue weighted by atomic mass is 10.0. The van der Waals surface area contributed by atoms with Crippen molar-refractivity contribution in [2.75, 3.05) is 4.90 Å². The second kappa shape index (κ2) is 11.2. The van der Waals surface area contributed by atoms with Gasteiger partial charge in [0, 0.05) is 55.4 Å². The molecule has 3 aromatic heterocycles. The van der Waals surface area contributed by atoms with Crippen LogP contribution in [0.2, 0.25) is 0 Å². The number of fused-ring (bicyclic) bond motifs is 9. The summed E-state index contributed by atoms with van der Waals surface area (Å²) in [6.45, 7) is 0. The number of hydrogen-bond acceptors (Lipinski definition) is 3. The second-order valence-corrected chi connectivity index (χ2v) is 13.3. The number of aromatic nitrogens is 1. The van der Waals surface area contributed by atoms with Gasteiger partial charge in [0.25, 0.3) is 0 Å². The number of nitrogens with zero attached hydrogens (tertiary/aromatic N) is 2. The van der Waals surface area contributed by atoms with Gasteiger partial charge in [-0.25, -0.2) is 0 Å². The summed E-state index contributed by atoms with van der Waals surface area (Å²) < 4.78 is 15.1. The predicted octanol–water partition coefficient (Wildman–Crippen LogP) is 13.7. The van der Waals surface area contributed by atoms with Crippen LogP contribution in [0.15, 0.2) is 191 Å². The van der Waals surface area contributed by atoms with Gasteiger partial charge in [-0.15, -0.1) is 0 Å². The van der Waals surface area contributed by atoms with Gasteiger partial charge in [0.2, 0.25) is 0 Å². The van der Waals surface area contributed by atoms with Crippen molar-refractivity contribution in [1.82, 2.24) is 4.57 Å². The van der Waals surface area contributed by atoms with Gasteiger partial charge >= 0.3 is 0 Å². The van der Waals surface area contributed by atoms with Crippen molar-refractivity contribution in [1.29, 1.82) is 0 Å². The zero-order valence-corrected chi connectivity index (χ0v) is 28.0. The third-order valence-electron chi connectivity index (χ3n) is 10.4. The molecule has 0 unspecified atom stereocenters. The van der Waals surface area contributed by atoms with E-state index in [1.54, 1.807) is 0 Å². The summed E-state index contributed by atoms with van der Waals surface area (Å²) in [6.07, 6.45) is 0. The molecule has 244 valence electrons.